The van der Waals surface area contributed by atoms with Gasteiger partial charge in [0.15, 0.2) is 5.78 Å². The van der Waals surface area contributed by atoms with Gasteiger partial charge in [-0.05, 0) is 73.0 Å². The van der Waals surface area contributed by atoms with Gasteiger partial charge in [0, 0.05) is 61.9 Å². The van der Waals surface area contributed by atoms with Crippen LogP contribution in [0.3, 0.4) is 0 Å². The number of likely N-dealkylation sites (N-methyl/N-ethyl adjacent to an activating group) is 1. The second-order valence-electron chi connectivity index (χ2n) is 10.8. The van der Waals surface area contributed by atoms with E-state index < -0.39 is 0 Å². The first kappa shape index (κ1) is 29.7. The second kappa shape index (κ2) is 13.5. The van der Waals surface area contributed by atoms with E-state index in [2.05, 4.69) is 38.6 Å². The third-order valence-corrected chi connectivity index (χ3v) is 8.45. The van der Waals surface area contributed by atoms with Crippen LogP contribution in [-0.2, 0) is 11.2 Å². The SMILES string of the molecule is C=CC(=O)Cc1cc(-c2c(-c3cccc(C(=O)NCCCN4CCN(CC)CC4)c3)[nH]c3nccc(Cl)c23)ccc1C. The zero-order valence-corrected chi connectivity index (χ0v) is 25.1. The minimum atomic E-state index is -0.0953. The molecule has 0 radical (unpaired) electrons. The van der Waals surface area contributed by atoms with Crippen molar-refractivity contribution in [1.29, 1.82) is 0 Å². The number of hydrogen-bond acceptors (Lipinski definition) is 5. The van der Waals surface area contributed by atoms with Crippen LogP contribution in [0, 0.1) is 6.92 Å². The Labute approximate surface area is 252 Å². The largest absolute Gasteiger partial charge is 0.352 e. The molecule has 0 aliphatic carbocycles. The molecule has 7 nitrogen and oxygen atoms in total. The minimum Gasteiger partial charge on any atom is -0.352 e. The Balaban J connectivity index is 1.39. The first-order chi connectivity index (χ1) is 20.4. The molecule has 0 spiro atoms. The van der Waals surface area contributed by atoms with E-state index in [0.717, 1.165) is 84.6 Å². The van der Waals surface area contributed by atoms with Crippen molar-refractivity contribution in [1.82, 2.24) is 25.1 Å². The highest BCUT2D eigenvalue weighted by Gasteiger charge is 2.20. The predicted molar refractivity (Wildman–Crippen MR) is 171 cm³/mol. The number of amides is 1. The number of aromatic nitrogens is 2. The Bertz CT molecular complexity index is 1600. The molecule has 1 amide bonds. The fraction of sp³-hybridized carbons (Fsp3) is 0.324. The molecule has 1 aliphatic heterocycles. The van der Waals surface area contributed by atoms with E-state index >= 15 is 0 Å². The average molecular weight is 584 g/mol. The van der Waals surface area contributed by atoms with Crippen molar-refractivity contribution in [2.75, 3.05) is 45.8 Å². The number of aryl methyl sites for hydroxylation is 1. The monoisotopic (exact) mass is 583 g/mol. The van der Waals surface area contributed by atoms with Crippen molar-refractivity contribution in [3.05, 3.63) is 89.1 Å². The van der Waals surface area contributed by atoms with Gasteiger partial charge in [0.25, 0.3) is 5.91 Å². The van der Waals surface area contributed by atoms with Crippen LogP contribution < -0.4 is 5.32 Å². The van der Waals surface area contributed by atoms with Crippen LogP contribution >= 0.6 is 11.6 Å². The molecule has 4 aromatic rings. The normalized spacial score (nSPS) is 14.3. The number of carbonyl (C=O) groups is 2. The molecule has 1 aliphatic rings. The fourth-order valence-electron chi connectivity index (χ4n) is 5.61. The van der Waals surface area contributed by atoms with Crippen LogP contribution in [0.25, 0.3) is 33.4 Å². The Morgan fingerprint density at radius 1 is 1.07 bits per heavy atom. The molecule has 0 unspecified atom stereocenters. The molecule has 0 saturated carbocycles. The molecule has 42 heavy (non-hydrogen) atoms. The summed E-state index contributed by atoms with van der Waals surface area (Å²) in [4.78, 5) is 38.3. The maximum Gasteiger partial charge on any atom is 0.251 e. The number of aromatic amines is 1. The number of allylic oxidation sites excluding steroid dienone is 1. The maximum atomic E-state index is 13.1. The lowest BCUT2D eigenvalue weighted by molar-refractivity contribution is -0.114. The number of nitrogens with zero attached hydrogens (tertiary/aromatic N) is 3. The highest BCUT2D eigenvalue weighted by Crippen LogP contribution is 2.41. The second-order valence-corrected chi connectivity index (χ2v) is 11.3. The molecule has 3 heterocycles. The van der Waals surface area contributed by atoms with Crippen molar-refractivity contribution in [2.24, 2.45) is 0 Å². The fourth-order valence-corrected chi connectivity index (χ4v) is 5.85. The van der Waals surface area contributed by atoms with E-state index in [0.29, 0.717) is 22.8 Å². The van der Waals surface area contributed by atoms with E-state index in [-0.39, 0.29) is 18.1 Å². The highest BCUT2D eigenvalue weighted by atomic mass is 35.5. The summed E-state index contributed by atoms with van der Waals surface area (Å²) in [5.74, 6) is -0.131. The molecule has 2 N–H and O–H groups in total. The smallest absolute Gasteiger partial charge is 0.251 e. The van der Waals surface area contributed by atoms with Gasteiger partial charge in [-0.2, -0.15) is 0 Å². The topological polar surface area (TPSA) is 81.3 Å². The molecular formula is C34H38ClN5O2. The summed E-state index contributed by atoms with van der Waals surface area (Å²) in [5.41, 5.74) is 6.68. The Hall–Kier alpha value is -3.78. The lowest BCUT2D eigenvalue weighted by Gasteiger charge is -2.33. The van der Waals surface area contributed by atoms with Crippen LogP contribution in [0.15, 0.2) is 67.4 Å². The molecule has 218 valence electrons. The molecular weight excluding hydrogens is 546 g/mol. The maximum absolute atomic E-state index is 13.1. The van der Waals surface area contributed by atoms with Gasteiger partial charge in [-0.15, -0.1) is 0 Å². The van der Waals surface area contributed by atoms with Gasteiger partial charge in [-0.25, -0.2) is 4.98 Å². The van der Waals surface area contributed by atoms with E-state index in [1.807, 2.05) is 49.4 Å². The summed E-state index contributed by atoms with van der Waals surface area (Å²) >= 11 is 6.72. The number of rotatable bonds is 11. The molecule has 2 aromatic heterocycles. The Kier molecular flexibility index (Phi) is 9.52. The van der Waals surface area contributed by atoms with Gasteiger partial charge in [-0.1, -0.05) is 55.4 Å². The van der Waals surface area contributed by atoms with Crippen LogP contribution in [0.1, 0.15) is 34.8 Å². The van der Waals surface area contributed by atoms with Crippen LogP contribution in [-0.4, -0.2) is 77.3 Å². The zero-order chi connectivity index (χ0) is 29.6. The molecule has 8 heteroatoms. The third-order valence-electron chi connectivity index (χ3n) is 8.14. The summed E-state index contributed by atoms with van der Waals surface area (Å²) in [6.07, 6.45) is 4.22. The summed E-state index contributed by atoms with van der Waals surface area (Å²) in [6, 6.07) is 15.5. The number of piperazine rings is 1. The number of fused-ring (bicyclic) bond motifs is 1. The summed E-state index contributed by atoms with van der Waals surface area (Å²) < 4.78 is 0. The van der Waals surface area contributed by atoms with E-state index in [1.165, 1.54) is 6.08 Å². The average Bonchev–Trinajstić information content (AvgIpc) is 3.41. The van der Waals surface area contributed by atoms with Crippen molar-refractivity contribution >= 4 is 34.3 Å². The van der Waals surface area contributed by atoms with Crippen LogP contribution in [0.4, 0.5) is 0 Å². The van der Waals surface area contributed by atoms with Crippen molar-refractivity contribution in [3.63, 3.8) is 0 Å². The third kappa shape index (κ3) is 6.65. The summed E-state index contributed by atoms with van der Waals surface area (Å²) in [6.45, 7) is 14.9. The van der Waals surface area contributed by atoms with Crippen molar-refractivity contribution in [3.8, 4) is 22.4 Å². The van der Waals surface area contributed by atoms with E-state index in [9.17, 15) is 9.59 Å². The standard InChI is InChI=1S/C34H38ClN5O2/c1-4-28(41)22-27-20-24(11-10-23(27)3)30-31-29(35)12-14-36-33(31)38-32(30)25-8-6-9-26(21-25)34(42)37-13-7-15-40-18-16-39(5-2)17-19-40/h4,6,8-12,14,20-21H,1,5,7,13,15-19,22H2,2-3H3,(H,36,38)(H,37,42). The van der Waals surface area contributed by atoms with Gasteiger partial charge >= 0.3 is 0 Å². The van der Waals surface area contributed by atoms with E-state index in [1.54, 1.807) is 12.3 Å². The summed E-state index contributed by atoms with van der Waals surface area (Å²) in [7, 11) is 0. The quantitative estimate of drug-likeness (QED) is 0.169. The number of hydrogen-bond donors (Lipinski definition) is 2. The zero-order valence-electron chi connectivity index (χ0n) is 24.4. The summed E-state index contributed by atoms with van der Waals surface area (Å²) in [5, 5.41) is 4.47. The van der Waals surface area contributed by atoms with Gasteiger partial charge < -0.3 is 20.1 Å². The highest BCUT2D eigenvalue weighted by molar-refractivity contribution is 6.36. The molecule has 1 saturated heterocycles. The number of pyridine rings is 1. The van der Waals surface area contributed by atoms with E-state index in [4.69, 9.17) is 11.6 Å². The lowest BCUT2D eigenvalue weighted by atomic mass is 9.93. The molecule has 5 rings (SSSR count). The molecule has 0 atom stereocenters. The first-order valence-electron chi connectivity index (χ1n) is 14.6. The van der Waals surface area contributed by atoms with Crippen molar-refractivity contribution < 1.29 is 9.59 Å². The van der Waals surface area contributed by atoms with Crippen molar-refractivity contribution in [2.45, 2.75) is 26.7 Å². The van der Waals surface area contributed by atoms with Gasteiger partial charge in [0.1, 0.15) is 5.65 Å². The Morgan fingerprint density at radius 3 is 2.62 bits per heavy atom. The van der Waals surface area contributed by atoms with Gasteiger partial charge in [0.2, 0.25) is 0 Å². The molecule has 0 bridgehead atoms. The lowest BCUT2D eigenvalue weighted by Crippen LogP contribution is -2.46. The van der Waals surface area contributed by atoms with Crippen LogP contribution in [0.5, 0.6) is 0 Å². The number of carbonyl (C=O) groups excluding carboxylic acids is 2. The predicted octanol–water partition coefficient (Wildman–Crippen LogP) is 5.91. The van der Waals surface area contributed by atoms with Gasteiger partial charge in [0.05, 0.1) is 10.7 Å². The number of nitrogens with one attached hydrogen (secondary N) is 2. The number of benzene rings is 2. The minimum absolute atomic E-state index is 0.0353. The Morgan fingerprint density at radius 2 is 1.86 bits per heavy atom. The number of H-pyrrole nitrogens is 1. The molecule has 1 fully saturated rings. The number of ketones is 1. The molecule has 2 aromatic carbocycles. The first-order valence-corrected chi connectivity index (χ1v) is 15.0. The van der Waals surface area contributed by atoms with Gasteiger partial charge in [-0.3, -0.25) is 9.59 Å². The number of halogens is 1. The van der Waals surface area contributed by atoms with Crippen LogP contribution in [0.2, 0.25) is 5.02 Å².